The summed E-state index contributed by atoms with van der Waals surface area (Å²) in [5.41, 5.74) is 0. The molecule has 0 saturated heterocycles. The van der Waals surface area contributed by atoms with Gasteiger partial charge in [0.15, 0.2) is 0 Å². The second-order valence-electron chi connectivity index (χ2n) is 4.26. The van der Waals surface area contributed by atoms with Crippen molar-refractivity contribution in [3.63, 3.8) is 0 Å². The highest BCUT2D eigenvalue weighted by Gasteiger charge is 1.90. The van der Waals surface area contributed by atoms with E-state index in [1.807, 2.05) is 6.08 Å². The number of rotatable bonds is 9. The van der Waals surface area contributed by atoms with Crippen molar-refractivity contribution < 1.29 is 0 Å². The van der Waals surface area contributed by atoms with Gasteiger partial charge in [0.2, 0.25) is 0 Å². The van der Waals surface area contributed by atoms with Crippen LogP contribution in [-0.4, -0.2) is 0 Å². The molecule has 0 amide bonds. The van der Waals surface area contributed by atoms with E-state index in [1.165, 1.54) is 38.5 Å². The Labute approximate surface area is 107 Å². The van der Waals surface area contributed by atoms with Crippen LogP contribution in [-0.2, 0) is 0 Å². The molecule has 0 atom stereocenters. The molecule has 0 aliphatic carbocycles. The molecule has 0 aromatic carbocycles. The molecule has 1 heteroatoms. The van der Waals surface area contributed by atoms with Crippen LogP contribution in [0.15, 0.2) is 12.2 Å². The molecule has 0 aromatic rings. The van der Waals surface area contributed by atoms with Gasteiger partial charge in [-0.2, -0.15) is 5.26 Å². The van der Waals surface area contributed by atoms with E-state index < -0.39 is 0 Å². The molecule has 0 fully saturated rings. The van der Waals surface area contributed by atoms with Crippen molar-refractivity contribution in [2.75, 3.05) is 0 Å². The van der Waals surface area contributed by atoms with Crippen molar-refractivity contribution >= 4 is 0 Å². The average molecular weight is 231 g/mol. The molecule has 0 spiro atoms. The Morgan fingerprint density at radius 1 is 0.882 bits per heavy atom. The van der Waals surface area contributed by atoms with Crippen LogP contribution in [0.2, 0.25) is 0 Å². The largest absolute Gasteiger partial charge is 0.198 e. The molecule has 0 unspecified atom stereocenters. The topological polar surface area (TPSA) is 23.8 Å². The zero-order chi connectivity index (χ0) is 12.6. The molecule has 0 saturated carbocycles. The van der Waals surface area contributed by atoms with Crippen LogP contribution in [0.25, 0.3) is 0 Å². The molecule has 0 heterocycles. The SMILES string of the molecule is CC/C=C/C#CCCCCCCCCCC#N. The van der Waals surface area contributed by atoms with Crippen LogP contribution in [0.1, 0.15) is 71.1 Å². The first-order valence-corrected chi connectivity index (χ1v) is 6.92. The molecule has 0 bridgehead atoms. The normalized spacial score (nSPS) is 9.88. The number of hydrogen-bond donors (Lipinski definition) is 0. The second-order valence-corrected chi connectivity index (χ2v) is 4.26. The molecular formula is C16H25N. The van der Waals surface area contributed by atoms with E-state index in [1.54, 1.807) is 0 Å². The second kappa shape index (κ2) is 14.8. The monoisotopic (exact) mass is 231 g/mol. The summed E-state index contributed by atoms with van der Waals surface area (Å²) >= 11 is 0. The van der Waals surface area contributed by atoms with E-state index in [0.29, 0.717) is 0 Å². The Hall–Kier alpha value is -1.21. The zero-order valence-corrected chi connectivity index (χ0v) is 11.2. The van der Waals surface area contributed by atoms with E-state index in [9.17, 15) is 0 Å². The first-order valence-electron chi connectivity index (χ1n) is 6.92. The van der Waals surface area contributed by atoms with Gasteiger partial charge in [-0.1, -0.05) is 56.9 Å². The third-order valence-electron chi connectivity index (χ3n) is 2.63. The fourth-order valence-corrected chi connectivity index (χ4v) is 1.61. The Morgan fingerprint density at radius 3 is 2.06 bits per heavy atom. The van der Waals surface area contributed by atoms with Crippen molar-refractivity contribution in [3.8, 4) is 17.9 Å². The number of nitrogens with zero attached hydrogens (tertiary/aromatic N) is 1. The van der Waals surface area contributed by atoms with Crippen molar-refractivity contribution in [1.82, 2.24) is 0 Å². The van der Waals surface area contributed by atoms with Gasteiger partial charge in [-0.05, 0) is 25.3 Å². The lowest BCUT2D eigenvalue weighted by Gasteiger charge is -1.98. The lowest BCUT2D eigenvalue weighted by Crippen LogP contribution is -1.80. The van der Waals surface area contributed by atoms with Gasteiger partial charge in [-0.15, -0.1) is 0 Å². The van der Waals surface area contributed by atoms with E-state index in [2.05, 4.69) is 30.9 Å². The molecule has 0 radical (unpaired) electrons. The summed E-state index contributed by atoms with van der Waals surface area (Å²) in [4.78, 5) is 0. The predicted molar refractivity (Wildman–Crippen MR) is 74.4 cm³/mol. The summed E-state index contributed by atoms with van der Waals surface area (Å²) in [7, 11) is 0. The van der Waals surface area contributed by atoms with Gasteiger partial charge in [0.05, 0.1) is 6.07 Å². The lowest BCUT2D eigenvalue weighted by molar-refractivity contribution is 0.586. The van der Waals surface area contributed by atoms with Gasteiger partial charge >= 0.3 is 0 Å². The lowest BCUT2D eigenvalue weighted by atomic mass is 10.1. The number of hydrogen-bond acceptors (Lipinski definition) is 1. The zero-order valence-electron chi connectivity index (χ0n) is 11.2. The number of nitriles is 1. The maximum Gasteiger partial charge on any atom is 0.0621 e. The molecule has 0 aliphatic heterocycles. The van der Waals surface area contributed by atoms with Gasteiger partial charge in [0.1, 0.15) is 0 Å². The van der Waals surface area contributed by atoms with Gasteiger partial charge in [0, 0.05) is 12.8 Å². The van der Waals surface area contributed by atoms with Crippen LogP contribution < -0.4 is 0 Å². The summed E-state index contributed by atoms with van der Waals surface area (Å²) in [6, 6.07) is 2.19. The summed E-state index contributed by atoms with van der Waals surface area (Å²) in [5.74, 6) is 6.22. The van der Waals surface area contributed by atoms with Gasteiger partial charge in [0.25, 0.3) is 0 Å². The fraction of sp³-hybridized carbons (Fsp3) is 0.688. The summed E-state index contributed by atoms with van der Waals surface area (Å²) in [5, 5.41) is 8.38. The van der Waals surface area contributed by atoms with E-state index in [0.717, 1.165) is 25.7 Å². The fourth-order valence-electron chi connectivity index (χ4n) is 1.61. The van der Waals surface area contributed by atoms with Crippen LogP contribution >= 0.6 is 0 Å². The van der Waals surface area contributed by atoms with E-state index >= 15 is 0 Å². The maximum atomic E-state index is 8.38. The first-order chi connectivity index (χ1) is 8.41. The Bertz CT molecular complexity index is 272. The Morgan fingerprint density at radius 2 is 1.47 bits per heavy atom. The van der Waals surface area contributed by atoms with Crippen molar-refractivity contribution in [3.05, 3.63) is 12.2 Å². The molecule has 1 nitrogen and oxygen atoms in total. The minimum absolute atomic E-state index is 0.723. The summed E-state index contributed by atoms with van der Waals surface area (Å²) < 4.78 is 0. The quantitative estimate of drug-likeness (QED) is 0.405. The van der Waals surface area contributed by atoms with Crippen molar-refractivity contribution in [1.29, 1.82) is 5.26 Å². The standard InChI is InChI=1S/C16H25N/c1-2-3-4-5-6-7-8-9-10-11-12-13-14-15-16-17/h3-4H,2,7-15H2,1H3/b4-3+. The minimum atomic E-state index is 0.723. The predicted octanol–water partition coefficient (Wildman–Crippen LogP) is 4.99. The number of allylic oxidation sites excluding steroid dienone is 2. The minimum Gasteiger partial charge on any atom is -0.198 e. The van der Waals surface area contributed by atoms with Gasteiger partial charge in [-0.25, -0.2) is 0 Å². The molecular weight excluding hydrogens is 206 g/mol. The highest BCUT2D eigenvalue weighted by atomic mass is 14.2. The van der Waals surface area contributed by atoms with Gasteiger partial charge in [-0.3, -0.25) is 0 Å². The average Bonchev–Trinajstić information content (AvgIpc) is 2.35. The third-order valence-corrected chi connectivity index (χ3v) is 2.63. The van der Waals surface area contributed by atoms with Crippen LogP contribution in [0.4, 0.5) is 0 Å². The highest BCUT2D eigenvalue weighted by molar-refractivity contribution is 5.14. The maximum absolute atomic E-state index is 8.38. The van der Waals surface area contributed by atoms with Crippen LogP contribution in [0.5, 0.6) is 0 Å². The third kappa shape index (κ3) is 14.8. The molecule has 0 aromatic heterocycles. The number of unbranched alkanes of at least 4 members (excludes halogenated alkanes) is 8. The summed E-state index contributed by atoms with van der Waals surface area (Å²) in [6.45, 7) is 2.12. The molecule has 0 aliphatic rings. The van der Waals surface area contributed by atoms with Crippen molar-refractivity contribution in [2.45, 2.75) is 71.1 Å². The summed E-state index contributed by atoms with van der Waals surface area (Å²) in [6.07, 6.45) is 15.6. The smallest absolute Gasteiger partial charge is 0.0621 e. The highest BCUT2D eigenvalue weighted by Crippen LogP contribution is 2.09. The Kier molecular flexibility index (Phi) is 13.7. The Balaban J connectivity index is 3.10. The molecule has 94 valence electrons. The van der Waals surface area contributed by atoms with Crippen LogP contribution in [0.3, 0.4) is 0 Å². The van der Waals surface area contributed by atoms with E-state index in [-0.39, 0.29) is 0 Å². The first kappa shape index (κ1) is 15.8. The molecule has 17 heavy (non-hydrogen) atoms. The van der Waals surface area contributed by atoms with E-state index in [4.69, 9.17) is 5.26 Å². The van der Waals surface area contributed by atoms with Crippen LogP contribution in [0, 0.1) is 23.2 Å². The molecule has 0 rings (SSSR count). The molecule has 0 N–H and O–H groups in total. The van der Waals surface area contributed by atoms with Crippen molar-refractivity contribution in [2.24, 2.45) is 0 Å². The van der Waals surface area contributed by atoms with Gasteiger partial charge < -0.3 is 0 Å².